The molecule has 0 aromatic carbocycles. The number of rotatable bonds is 5. The van der Waals surface area contributed by atoms with Crippen molar-refractivity contribution in [1.82, 2.24) is 0 Å². The zero-order valence-corrected chi connectivity index (χ0v) is 22.3. The van der Waals surface area contributed by atoms with Crippen molar-refractivity contribution >= 4 is 23.5 Å². The summed E-state index contributed by atoms with van der Waals surface area (Å²) in [5.41, 5.74) is 4.05. The number of aliphatic hydroxyl groups is 2. The molecule has 0 amide bonds. The van der Waals surface area contributed by atoms with Crippen LogP contribution in [0.3, 0.4) is 0 Å². The number of thioether (sulfide) groups is 1. The number of hydrogen-bond donors (Lipinski definition) is 3. The Morgan fingerprint density at radius 2 is 1.94 bits per heavy atom. The van der Waals surface area contributed by atoms with Crippen LogP contribution >= 0.6 is 11.8 Å². The van der Waals surface area contributed by atoms with Crippen molar-refractivity contribution in [1.29, 1.82) is 0 Å². The van der Waals surface area contributed by atoms with Crippen LogP contribution in [0, 0.1) is 57.5 Å². The maximum Gasteiger partial charge on any atom is 0.316 e. The van der Waals surface area contributed by atoms with Crippen LogP contribution in [-0.2, 0) is 14.3 Å². The van der Waals surface area contributed by atoms with Gasteiger partial charge in [-0.05, 0) is 55.8 Å². The van der Waals surface area contributed by atoms with E-state index in [9.17, 15) is 19.8 Å². The highest BCUT2D eigenvalue weighted by Crippen LogP contribution is 2.71. The predicted octanol–water partition coefficient (Wildman–Crippen LogP) is 4.86. The molecule has 0 heterocycles. The predicted molar refractivity (Wildman–Crippen MR) is 136 cm³/mol. The average molecular weight is 503 g/mol. The SMILES string of the molecule is C=C[C@]1(C)C[C](OC(=O)CS[C]2CC[C](N)C[C@H]2O)C2(C)[C](C)CCC3(CCC(=O)[C@@H]23)[C@@H](C)[C]1O. The van der Waals surface area contributed by atoms with E-state index in [0.29, 0.717) is 37.9 Å². The van der Waals surface area contributed by atoms with Gasteiger partial charge in [-0.3, -0.25) is 9.59 Å². The molecule has 6 atom stereocenters. The van der Waals surface area contributed by atoms with Crippen molar-refractivity contribution in [3.05, 3.63) is 42.1 Å². The molecule has 0 aromatic heterocycles. The first-order valence-electron chi connectivity index (χ1n) is 12.8. The molecule has 4 fully saturated rings. The van der Waals surface area contributed by atoms with Gasteiger partial charge in [-0.15, -0.1) is 18.3 Å². The third-order valence-electron chi connectivity index (χ3n) is 9.71. The van der Waals surface area contributed by atoms with E-state index in [1.807, 2.05) is 13.8 Å². The second-order valence-electron chi connectivity index (χ2n) is 11.6. The summed E-state index contributed by atoms with van der Waals surface area (Å²) in [5.74, 6) is 0.556. The lowest BCUT2D eigenvalue weighted by Gasteiger charge is -2.60. The fourth-order valence-electron chi connectivity index (χ4n) is 7.23. The van der Waals surface area contributed by atoms with E-state index < -0.39 is 22.9 Å². The van der Waals surface area contributed by atoms with Crippen LogP contribution in [-0.4, -0.2) is 33.8 Å². The number of hydrogen-bond acceptors (Lipinski definition) is 7. The molecule has 35 heavy (non-hydrogen) atoms. The first-order valence-corrected chi connectivity index (χ1v) is 13.8. The average Bonchev–Trinajstić information content (AvgIpc) is 3.17. The van der Waals surface area contributed by atoms with Gasteiger partial charge in [0.05, 0.1) is 17.1 Å². The van der Waals surface area contributed by atoms with Crippen molar-refractivity contribution in [2.75, 3.05) is 5.75 Å². The van der Waals surface area contributed by atoms with E-state index >= 15 is 0 Å². The Labute approximate surface area is 214 Å². The first-order chi connectivity index (χ1) is 16.4. The van der Waals surface area contributed by atoms with Crippen molar-refractivity contribution in [2.45, 2.75) is 85.2 Å². The summed E-state index contributed by atoms with van der Waals surface area (Å²) >= 11 is 1.32. The van der Waals surface area contributed by atoms with E-state index in [1.54, 1.807) is 6.08 Å². The summed E-state index contributed by atoms with van der Waals surface area (Å²) in [6, 6.07) is 0.782. The normalized spacial score (nSPS) is 42.4. The highest BCUT2D eigenvalue weighted by atomic mass is 32.2. The molecule has 0 aromatic rings. The number of nitrogens with two attached hydrogens (primary N) is 1. The van der Waals surface area contributed by atoms with Crippen LogP contribution in [0.1, 0.15) is 79.1 Å². The third kappa shape index (κ3) is 4.42. The van der Waals surface area contributed by atoms with Gasteiger partial charge in [0.25, 0.3) is 0 Å². The van der Waals surface area contributed by atoms with Gasteiger partial charge in [-0.2, -0.15) is 0 Å². The Bertz CT molecular complexity index is 851. The zero-order valence-electron chi connectivity index (χ0n) is 21.5. The Hall–Kier alpha value is -0.890. The maximum atomic E-state index is 13.4. The molecule has 0 spiro atoms. The minimum Gasteiger partial charge on any atom is -0.453 e. The number of carbonyl (C=O) groups is 2. The lowest BCUT2D eigenvalue weighted by Crippen LogP contribution is -2.58. The smallest absolute Gasteiger partial charge is 0.316 e. The van der Waals surface area contributed by atoms with Crippen molar-refractivity contribution in [2.24, 2.45) is 33.8 Å². The van der Waals surface area contributed by atoms with Crippen LogP contribution in [0.15, 0.2) is 12.7 Å². The Morgan fingerprint density at radius 1 is 1.26 bits per heavy atom. The molecular weight excluding hydrogens is 462 g/mol. The molecule has 4 N–H and O–H groups in total. The number of esters is 1. The van der Waals surface area contributed by atoms with Crippen molar-refractivity contribution in [3.63, 3.8) is 0 Å². The molecule has 2 bridgehead atoms. The van der Waals surface area contributed by atoms with Crippen molar-refractivity contribution in [3.8, 4) is 0 Å². The van der Waals surface area contributed by atoms with Crippen LogP contribution in [0.5, 0.6) is 0 Å². The standard InChI is InChI=1S/C28H40NO5S/c1-6-26(4)14-22(34-23(32)15-35-21-8-7-18(29)13-20(21)31)27(5)16(2)9-11-28(17(3)25(26)33)12-10-19(30)24(27)28/h6,17,20,24,31,33H,1,7-15,29H2,2-5H3/t17-,20+,24-,26+,27?,28?/m0/s1. The molecule has 4 saturated carbocycles. The van der Waals surface area contributed by atoms with Gasteiger partial charge in [-0.25, -0.2) is 0 Å². The number of carbonyl (C=O) groups excluding carboxylic acids is 2. The Morgan fingerprint density at radius 3 is 2.60 bits per heavy atom. The molecule has 4 rings (SSSR count). The van der Waals surface area contributed by atoms with Gasteiger partial charge in [0.1, 0.15) is 11.9 Å². The summed E-state index contributed by atoms with van der Waals surface area (Å²) in [6.07, 6.45) is 6.99. The quantitative estimate of drug-likeness (QED) is 0.364. The van der Waals surface area contributed by atoms with Crippen LogP contribution in [0.2, 0.25) is 0 Å². The molecule has 6 nitrogen and oxygen atoms in total. The van der Waals surface area contributed by atoms with Gasteiger partial charge in [0.15, 0.2) is 6.10 Å². The molecule has 2 unspecified atom stereocenters. The van der Waals surface area contributed by atoms with E-state index in [2.05, 4.69) is 20.4 Å². The van der Waals surface area contributed by atoms with Crippen molar-refractivity contribution < 1.29 is 24.5 Å². The summed E-state index contributed by atoms with van der Waals surface area (Å²) in [6.45, 7) is 12.1. The molecule has 193 valence electrons. The van der Waals surface area contributed by atoms with E-state index in [4.69, 9.17) is 10.5 Å². The fourth-order valence-corrected chi connectivity index (χ4v) is 8.12. The van der Waals surface area contributed by atoms with E-state index in [1.165, 1.54) is 11.8 Å². The number of ketones is 1. The summed E-state index contributed by atoms with van der Waals surface area (Å²) in [4.78, 5) is 26.6. The lowest BCUT2D eigenvalue weighted by atomic mass is 9.44. The van der Waals surface area contributed by atoms with Gasteiger partial charge in [0.2, 0.25) is 0 Å². The number of aliphatic hydroxyl groups excluding tert-OH is 2. The van der Waals surface area contributed by atoms with E-state index in [-0.39, 0.29) is 28.8 Å². The fraction of sp³-hybridized carbons (Fsp3) is 0.679. The Balaban J connectivity index is 1.62. The monoisotopic (exact) mass is 502 g/mol. The Kier molecular flexibility index (Phi) is 7.58. The molecule has 7 heteroatoms. The minimum atomic E-state index is -0.771. The molecule has 0 aliphatic heterocycles. The highest BCUT2D eigenvalue weighted by molar-refractivity contribution is 8.02. The highest BCUT2D eigenvalue weighted by Gasteiger charge is 2.69. The molecule has 0 saturated heterocycles. The molecule has 5 radical (unpaired) electrons. The van der Waals surface area contributed by atoms with Gasteiger partial charge >= 0.3 is 5.97 Å². The number of ether oxygens (including phenoxy) is 1. The zero-order chi connectivity index (χ0) is 25.8. The summed E-state index contributed by atoms with van der Waals surface area (Å²) in [5, 5.41) is 22.7. The molecule has 4 aliphatic rings. The first kappa shape index (κ1) is 27.2. The van der Waals surface area contributed by atoms with E-state index in [0.717, 1.165) is 42.9 Å². The minimum absolute atomic E-state index is 0.0750. The second kappa shape index (κ2) is 9.77. The summed E-state index contributed by atoms with van der Waals surface area (Å²) < 4.78 is 6.15. The summed E-state index contributed by atoms with van der Waals surface area (Å²) in [7, 11) is 0. The third-order valence-corrected chi connectivity index (χ3v) is 10.9. The van der Waals surface area contributed by atoms with Crippen LogP contribution in [0.4, 0.5) is 0 Å². The van der Waals surface area contributed by atoms with Gasteiger partial charge in [-0.1, -0.05) is 33.8 Å². The molecular formula is C28H40NO5S. The maximum absolute atomic E-state index is 13.4. The lowest BCUT2D eigenvalue weighted by molar-refractivity contribution is -0.157. The van der Waals surface area contributed by atoms with Crippen LogP contribution < -0.4 is 5.73 Å². The molecule has 4 aliphatic carbocycles. The van der Waals surface area contributed by atoms with Gasteiger partial charge in [0, 0.05) is 35.6 Å². The largest absolute Gasteiger partial charge is 0.453 e. The van der Waals surface area contributed by atoms with Crippen LogP contribution in [0.25, 0.3) is 0 Å². The second-order valence-corrected chi connectivity index (χ2v) is 12.7. The van der Waals surface area contributed by atoms with Gasteiger partial charge < -0.3 is 20.7 Å². The topological polar surface area (TPSA) is 110 Å². The number of Topliss-reactive ketones (excluding diaryl/α,β-unsaturated/α-hetero) is 1.